The molecule has 7 heteroatoms. The maximum Gasteiger partial charge on any atom is 0.416 e. The third kappa shape index (κ3) is 4.36. The topological polar surface area (TPSA) is 32.3 Å². The minimum Gasteiger partial charge on any atom is -0.344 e. The Kier molecular flexibility index (Phi) is 6.26. The van der Waals surface area contributed by atoms with Crippen molar-refractivity contribution in [1.29, 1.82) is 0 Å². The maximum absolute atomic E-state index is 12.7. The molecule has 2 atom stereocenters. The molecular formula is C15H20ClF3N2O. The van der Waals surface area contributed by atoms with Crippen LogP contribution in [-0.2, 0) is 11.0 Å². The van der Waals surface area contributed by atoms with E-state index < -0.39 is 11.7 Å². The van der Waals surface area contributed by atoms with E-state index in [-0.39, 0.29) is 30.2 Å². The number of hydrogen-bond donors (Lipinski definition) is 1. The summed E-state index contributed by atoms with van der Waals surface area (Å²) in [6.07, 6.45) is -3.71. The number of nitrogens with one attached hydrogen (secondary N) is 1. The van der Waals surface area contributed by atoms with Crippen molar-refractivity contribution in [2.75, 3.05) is 27.2 Å². The molecule has 0 spiro atoms. The van der Waals surface area contributed by atoms with Crippen molar-refractivity contribution in [2.24, 2.45) is 5.92 Å². The van der Waals surface area contributed by atoms with Crippen LogP contribution < -0.4 is 5.32 Å². The average Bonchev–Trinajstić information content (AvgIpc) is 3.23. The van der Waals surface area contributed by atoms with Crippen LogP contribution in [0.1, 0.15) is 23.5 Å². The highest BCUT2D eigenvalue weighted by atomic mass is 35.5. The molecule has 2 unspecified atom stereocenters. The van der Waals surface area contributed by atoms with Crippen LogP contribution in [0.5, 0.6) is 0 Å². The summed E-state index contributed by atoms with van der Waals surface area (Å²) in [5, 5.41) is 2.96. The molecule has 1 fully saturated rings. The fourth-order valence-corrected chi connectivity index (χ4v) is 2.45. The highest BCUT2D eigenvalue weighted by Crippen LogP contribution is 2.49. The minimum atomic E-state index is -4.34. The van der Waals surface area contributed by atoms with Crippen LogP contribution in [0.2, 0.25) is 0 Å². The van der Waals surface area contributed by atoms with E-state index in [1.54, 1.807) is 25.1 Å². The number of halogens is 4. The van der Waals surface area contributed by atoms with Gasteiger partial charge in [0.25, 0.3) is 0 Å². The number of rotatable bonds is 5. The molecule has 1 N–H and O–H groups in total. The normalized spacial score (nSPS) is 20.2. The van der Waals surface area contributed by atoms with E-state index in [2.05, 4.69) is 5.32 Å². The Balaban J connectivity index is 0.00000242. The summed E-state index contributed by atoms with van der Waals surface area (Å²) >= 11 is 0. The second-order valence-electron chi connectivity index (χ2n) is 5.44. The summed E-state index contributed by atoms with van der Waals surface area (Å²) in [5.41, 5.74) is -0.0492. The summed E-state index contributed by atoms with van der Waals surface area (Å²) in [7, 11) is 3.53. The van der Waals surface area contributed by atoms with Gasteiger partial charge in [0.2, 0.25) is 5.91 Å². The van der Waals surface area contributed by atoms with Gasteiger partial charge in [-0.3, -0.25) is 4.79 Å². The van der Waals surface area contributed by atoms with Gasteiger partial charge in [-0.2, -0.15) is 13.2 Å². The number of likely N-dealkylation sites (N-methyl/N-ethyl adjacent to an activating group) is 2. The van der Waals surface area contributed by atoms with Gasteiger partial charge in [0.15, 0.2) is 0 Å². The summed E-state index contributed by atoms with van der Waals surface area (Å²) in [4.78, 5) is 13.8. The summed E-state index contributed by atoms with van der Waals surface area (Å²) < 4.78 is 38.1. The van der Waals surface area contributed by atoms with Crippen LogP contribution in [0.25, 0.3) is 0 Å². The molecule has 0 saturated heterocycles. The zero-order valence-electron chi connectivity index (χ0n) is 12.5. The van der Waals surface area contributed by atoms with E-state index >= 15 is 0 Å². The number of carbonyl (C=O) groups excluding carboxylic acids is 1. The van der Waals surface area contributed by atoms with Gasteiger partial charge in [0.05, 0.1) is 5.56 Å². The highest BCUT2D eigenvalue weighted by molar-refractivity contribution is 5.85. The molecule has 0 heterocycles. The molecule has 1 saturated carbocycles. The van der Waals surface area contributed by atoms with Crippen molar-refractivity contribution in [1.82, 2.24) is 10.2 Å². The molecule has 3 nitrogen and oxygen atoms in total. The Bertz CT molecular complexity index is 522. The fourth-order valence-electron chi connectivity index (χ4n) is 2.45. The van der Waals surface area contributed by atoms with Crippen molar-refractivity contribution >= 4 is 18.3 Å². The SMILES string of the molecule is CNCCN(C)C(=O)C1CC1c1cccc(C(F)(F)F)c1.Cl. The number of alkyl halides is 3. The van der Waals surface area contributed by atoms with E-state index in [1.807, 2.05) is 0 Å². The first kappa shape index (κ1) is 18.8. The quantitative estimate of drug-likeness (QED) is 0.896. The molecule has 22 heavy (non-hydrogen) atoms. The lowest BCUT2D eigenvalue weighted by Gasteiger charge is -2.17. The predicted molar refractivity (Wildman–Crippen MR) is 81.1 cm³/mol. The van der Waals surface area contributed by atoms with Gasteiger partial charge in [-0.25, -0.2) is 0 Å². The number of hydrogen-bond acceptors (Lipinski definition) is 2. The molecule has 0 aromatic heterocycles. The van der Waals surface area contributed by atoms with Gasteiger partial charge in [-0.05, 0) is 31.0 Å². The Morgan fingerprint density at radius 2 is 2.09 bits per heavy atom. The first-order valence-corrected chi connectivity index (χ1v) is 6.91. The van der Waals surface area contributed by atoms with Crippen molar-refractivity contribution in [2.45, 2.75) is 18.5 Å². The fraction of sp³-hybridized carbons (Fsp3) is 0.533. The van der Waals surface area contributed by atoms with Crippen molar-refractivity contribution in [3.8, 4) is 0 Å². The number of benzene rings is 1. The monoisotopic (exact) mass is 336 g/mol. The van der Waals surface area contributed by atoms with Crippen LogP contribution in [0, 0.1) is 5.92 Å². The number of carbonyl (C=O) groups is 1. The summed E-state index contributed by atoms with van der Waals surface area (Å²) in [6.45, 7) is 1.30. The number of amides is 1. The minimum absolute atomic E-state index is 0. The Hall–Kier alpha value is -1.27. The molecule has 0 aliphatic heterocycles. The van der Waals surface area contributed by atoms with E-state index in [0.717, 1.165) is 12.1 Å². The van der Waals surface area contributed by atoms with Crippen molar-refractivity contribution in [3.05, 3.63) is 35.4 Å². The zero-order chi connectivity index (χ0) is 15.6. The maximum atomic E-state index is 12.7. The molecule has 0 bridgehead atoms. The molecular weight excluding hydrogens is 317 g/mol. The zero-order valence-corrected chi connectivity index (χ0v) is 13.3. The lowest BCUT2D eigenvalue weighted by molar-refractivity contribution is -0.137. The Morgan fingerprint density at radius 1 is 1.41 bits per heavy atom. The van der Waals surface area contributed by atoms with Crippen LogP contribution >= 0.6 is 12.4 Å². The van der Waals surface area contributed by atoms with E-state index in [1.165, 1.54) is 6.07 Å². The average molecular weight is 337 g/mol. The van der Waals surface area contributed by atoms with Gasteiger partial charge >= 0.3 is 6.18 Å². The Labute approximate surface area is 134 Å². The van der Waals surface area contributed by atoms with E-state index in [9.17, 15) is 18.0 Å². The summed E-state index contributed by atoms with van der Waals surface area (Å²) in [6, 6.07) is 5.29. The standard InChI is InChI=1S/C15H19F3N2O.ClH/c1-19-6-7-20(2)14(21)13-9-12(13)10-4-3-5-11(8-10)15(16,17)18;/h3-5,8,12-13,19H,6-7,9H2,1-2H3;1H. The lowest BCUT2D eigenvalue weighted by Crippen LogP contribution is -2.34. The molecule has 1 aromatic rings. The number of nitrogens with zero attached hydrogens (tertiary/aromatic N) is 1. The van der Waals surface area contributed by atoms with Gasteiger partial charge in [0, 0.05) is 26.1 Å². The first-order chi connectivity index (χ1) is 9.84. The lowest BCUT2D eigenvalue weighted by atomic mass is 10.1. The second kappa shape index (κ2) is 7.33. The van der Waals surface area contributed by atoms with Crippen LogP contribution in [0.4, 0.5) is 13.2 Å². The third-order valence-electron chi connectivity index (χ3n) is 3.82. The molecule has 1 aliphatic carbocycles. The van der Waals surface area contributed by atoms with Crippen LogP contribution in [-0.4, -0.2) is 38.0 Å². The molecule has 1 aromatic carbocycles. The molecule has 1 amide bonds. The molecule has 2 rings (SSSR count). The van der Waals surface area contributed by atoms with Crippen molar-refractivity contribution in [3.63, 3.8) is 0 Å². The molecule has 0 radical (unpaired) electrons. The van der Waals surface area contributed by atoms with Gasteiger partial charge in [0.1, 0.15) is 0 Å². The molecule has 1 aliphatic rings. The van der Waals surface area contributed by atoms with Gasteiger partial charge in [-0.1, -0.05) is 18.2 Å². The Morgan fingerprint density at radius 3 is 2.68 bits per heavy atom. The van der Waals surface area contributed by atoms with Crippen LogP contribution in [0.3, 0.4) is 0 Å². The van der Waals surface area contributed by atoms with E-state index in [0.29, 0.717) is 25.1 Å². The smallest absolute Gasteiger partial charge is 0.344 e. The summed E-state index contributed by atoms with van der Waals surface area (Å²) in [5.74, 6) is -0.264. The van der Waals surface area contributed by atoms with Crippen LogP contribution in [0.15, 0.2) is 24.3 Å². The van der Waals surface area contributed by atoms with Gasteiger partial charge in [-0.15, -0.1) is 12.4 Å². The first-order valence-electron chi connectivity index (χ1n) is 6.91. The van der Waals surface area contributed by atoms with Crippen molar-refractivity contribution < 1.29 is 18.0 Å². The largest absolute Gasteiger partial charge is 0.416 e. The molecule has 124 valence electrons. The highest BCUT2D eigenvalue weighted by Gasteiger charge is 2.45. The van der Waals surface area contributed by atoms with Gasteiger partial charge < -0.3 is 10.2 Å². The van der Waals surface area contributed by atoms with E-state index in [4.69, 9.17) is 0 Å². The predicted octanol–water partition coefficient (Wildman–Crippen LogP) is 2.91. The third-order valence-corrected chi connectivity index (χ3v) is 3.82. The second-order valence-corrected chi connectivity index (χ2v) is 5.44.